The number of nitrogens with zero attached hydrogens (tertiary/aromatic N) is 2. The van der Waals surface area contributed by atoms with Crippen LogP contribution in [0.1, 0.15) is 45.1 Å². The summed E-state index contributed by atoms with van der Waals surface area (Å²) in [5.74, 6) is 0.227. The van der Waals surface area contributed by atoms with Gasteiger partial charge in [-0.05, 0) is 51.8 Å². The first-order chi connectivity index (χ1) is 11.7. The maximum atomic E-state index is 12.4. The van der Waals surface area contributed by atoms with Gasteiger partial charge < -0.3 is 10.2 Å². The molecule has 1 aromatic heterocycles. The van der Waals surface area contributed by atoms with Gasteiger partial charge in [0.25, 0.3) is 0 Å². The second-order valence-electron chi connectivity index (χ2n) is 8.04. The average Bonchev–Trinajstić information content (AvgIpc) is 3.07. The second-order valence-corrected chi connectivity index (χ2v) is 9.24. The Bertz CT molecular complexity index is 802. The summed E-state index contributed by atoms with van der Waals surface area (Å²) in [5.41, 5.74) is 4.46. The third-order valence-electron chi connectivity index (χ3n) is 4.29. The normalized spacial score (nSPS) is 14.1. The quantitative estimate of drug-likeness (QED) is 0.852. The molecule has 1 amide bonds. The number of nitrogens with one attached hydrogen (secondary N) is 1. The van der Waals surface area contributed by atoms with Gasteiger partial charge in [-0.2, -0.15) is 0 Å². The molecular weight excluding hydrogens is 330 g/mol. The molecule has 0 spiro atoms. The molecule has 5 heteroatoms. The number of fused-ring (bicyclic) bond motifs is 1. The zero-order valence-electron chi connectivity index (χ0n) is 15.9. The number of carbonyl (C=O) groups is 1. The monoisotopic (exact) mass is 357 g/mol. The van der Waals surface area contributed by atoms with Crippen molar-refractivity contribution in [2.75, 3.05) is 16.8 Å². The van der Waals surface area contributed by atoms with E-state index in [9.17, 15) is 4.79 Å². The molecule has 2 aromatic rings. The van der Waals surface area contributed by atoms with Crippen LogP contribution in [0.15, 0.2) is 18.2 Å². The minimum Gasteiger partial charge on any atom is -0.357 e. The van der Waals surface area contributed by atoms with Crippen LogP contribution in [0.2, 0.25) is 0 Å². The molecule has 0 atom stereocenters. The Morgan fingerprint density at radius 1 is 1.32 bits per heavy atom. The summed E-state index contributed by atoms with van der Waals surface area (Å²) < 4.78 is 0. The fourth-order valence-corrected chi connectivity index (χ4v) is 4.17. The Labute approximate surface area is 154 Å². The molecule has 3 rings (SSSR count). The standard InChI is InChI=1S/C20H27N3OS/c1-12(2)18(24)23-10-9-14-11-15(7-8-16(14)23)17-13(3)25-19(21-17)22-20(4,5)6/h7-8,11-12H,9-10H2,1-6H3,(H,21,22). The van der Waals surface area contributed by atoms with Crippen molar-refractivity contribution in [1.82, 2.24) is 4.98 Å². The molecule has 0 aliphatic carbocycles. The first kappa shape index (κ1) is 17.9. The Kier molecular flexibility index (Phi) is 4.62. The van der Waals surface area contributed by atoms with Gasteiger partial charge in [0.1, 0.15) is 0 Å². The van der Waals surface area contributed by atoms with E-state index in [0.717, 1.165) is 35.0 Å². The van der Waals surface area contributed by atoms with Gasteiger partial charge in [0.15, 0.2) is 5.13 Å². The van der Waals surface area contributed by atoms with Crippen LogP contribution in [-0.2, 0) is 11.2 Å². The summed E-state index contributed by atoms with van der Waals surface area (Å²) in [7, 11) is 0. The predicted molar refractivity (Wildman–Crippen MR) is 107 cm³/mol. The lowest BCUT2D eigenvalue weighted by molar-refractivity contribution is -0.121. The van der Waals surface area contributed by atoms with E-state index in [1.807, 2.05) is 18.7 Å². The van der Waals surface area contributed by atoms with E-state index in [1.165, 1.54) is 10.4 Å². The summed E-state index contributed by atoms with van der Waals surface area (Å²) in [6.45, 7) is 13.2. The molecule has 0 unspecified atom stereocenters. The van der Waals surface area contributed by atoms with Crippen molar-refractivity contribution in [3.8, 4) is 11.3 Å². The van der Waals surface area contributed by atoms with Gasteiger partial charge in [0.05, 0.1) is 5.69 Å². The number of benzene rings is 1. The molecule has 134 valence electrons. The van der Waals surface area contributed by atoms with Crippen molar-refractivity contribution in [3.05, 3.63) is 28.6 Å². The Balaban J connectivity index is 1.90. The van der Waals surface area contributed by atoms with Gasteiger partial charge in [0, 0.05) is 34.1 Å². The Morgan fingerprint density at radius 3 is 2.68 bits per heavy atom. The molecule has 0 saturated carbocycles. The molecule has 0 fully saturated rings. The maximum Gasteiger partial charge on any atom is 0.229 e. The largest absolute Gasteiger partial charge is 0.357 e. The minimum atomic E-state index is -0.00277. The van der Waals surface area contributed by atoms with Crippen molar-refractivity contribution >= 4 is 28.1 Å². The number of hydrogen-bond acceptors (Lipinski definition) is 4. The summed E-state index contributed by atoms with van der Waals surface area (Å²) in [6.07, 6.45) is 0.915. The molecule has 1 N–H and O–H groups in total. The number of hydrogen-bond donors (Lipinski definition) is 1. The third-order valence-corrected chi connectivity index (χ3v) is 5.17. The Morgan fingerprint density at radius 2 is 2.04 bits per heavy atom. The van der Waals surface area contributed by atoms with E-state index in [2.05, 4.69) is 51.2 Å². The number of amides is 1. The van der Waals surface area contributed by atoms with Gasteiger partial charge in [0.2, 0.25) is 5.91 Å². The van der Waals surface area contributed by atoms with Crippen LogP contribution in [0.3, 0.4) is 0 Å². The molecule has 0 saturated heterocycles. The molecule has 1 aliphatic heterocycles. The number of aromatic nitrogens is 1. The van der Waals surface area contributed by atoms with E-state index in [0.29, 0.717) is 0 Å². The number of anilines is 2. The molecule has 0 bridgehead atoms. The Hall–Kier alpha value is -1.88. The van der Waals surface area contributed by atoms with Gasteiger partial charge in [-0.15, -0.1) is 11.3 Å². The highest BCUT2D eigenvalue weighted by Crippen LogP contribution is 2.36. The van der Waals surface area contributed by atoms with Crippen molar-refractivity contribution in [3.63, 3.8) is 0 Å². The number of thiazole rings is 1. The van der Waals surface area contributed by atoms with Crippen molar-refractivity contribution in [1.29, 1.82) is 0 Å². The highest BCUT2D eigenvalue weighted by Gasteiger charge is 2.27. The average molecular weight is 358 g/mol. The van der Waals surface area contributed by atoms with E-state index in [1.54, 1.807) is 11.3 Å². The number of carbonyl (C=O) groups excluding carboxylic acids is 1. The lowest BCUT2D eigenvalue weighted by atomic mass is 10.1. The summed E-state index contributed by atoms with van der Waals surface area (Å²) in [5, 5.41) is 4.41. The van der Waals surface area contributed by atoms with Crippen LogP contribution in [0.4, 0.5) is 10.8 Å². The fraction of sp³-hybridized carbons (Fsp3) is 0.500. The van der Waals surface area contributed by atoms with Gasteiger partial charge in [-0.3, -0.25) is 4.79 Å². The third kappa shape index (κ3) is 3.71. The smallest absolute Gasteiger partial charge is 0.229 e. The maximum absolute atomic E-state index is 12.4. The zero-order chi connectivity index (χ0) is 18.4. The molecule has 4 nitrogen and oxygen atoms in total. The number of aryl methyl sites for hydroxylation is 1. The lowest BCUT2D eigenvalue weighted by Crippen LogP contribution is -2.32. The first-order valence-corrected chi connectivity index (χ1v) is 9.67. The fourth-order valence-electron chi connectivity index (χ4n) is 3.13. The van der Waals surface area contributed by atoms with Crippen LogP contribution in [-0.4, -0.2) is 23.0 Å². The predicted octanol–water partition coefficient (Wildman–Crippen LogP) is 4.87. The van der Waals surface area contributed by atoms with Crippen molar-refractivity contribution < 1.29 is 4.79 Å². The first-order valence-electron chi connectivity index (χ1n) is 8.86. The summed E-state index contributed by atoms with van der Waals surface area (Å²) in [4.78, 5) is 20.3. The minimum absolute atomic E-state index is 0.00277. The molecule has 2 heterocycles. The molecule has 1 aromatic carbocycles. The SMILES string of the molecule is Cc1sc(NC(C)(C)C)nc1-c1ccc2c(c1)CCN2C(=O)C(C)C. The van der Waals surface area contributed by atoms with Crippen molar-refractivity contribution in [2.45, 2.75) is 53.5 Å². The van der Waals surface area contributed by atoms with Crippen molar-refractivity contribution in [2.24, 2.45) is 5.92 Å². The van der Waals surface area contributed by atoms with Crippen LogP contribution in [0, 0.1) is 12.8 Å². The molecule has 1 aliphatic rings. The molecule has 25 heavy (non-hydrogen) atoms. The highest BCUT2D eigenvalue weighted by atomic mass is 32.1. The van der Waals surface area contributed by atoms with Crippen LogP contribution < -0.4 is 10.2 Å². The highest BCUT2D eigenvalue weighted by molar-refractivity contribution is 7.16. The zero-order valence-corrected chi connectivity index (χ0v) is 16.8. The van der Waals surface area contributed by atoms with Crippen LogP contribution >= 0.6 is 11.3 Å². The van der Waals surface area contributed by atoms with Gasteiger partial charge >= 0.3 is 0 Å². The van der Waals surface area contributed by atoms with E-state index in [4.69, 9.17) is 4.98 Å². The molecule has 0 radical (unpaired) electrons. The topological polar surface area (TPSA) is 45.2 Å². The molecular formula is C20H27N3OS. The summed E-state index contributed by atoms with van der Waals surface area (Å²) in [6, 6.07) is 6.37. The lowest BCUT2D eigenvalue weighted by Gasteiger charge is -2.19. The second kappa shape index (κ2) is 6.45. The van der Waals surface area contributed by atoms with E-state index in [-0.39, 0.29) is 17.4 Å². The van der Waals surface area contributed by atoms with Crippen LogP contribution in [0.25, 0.3) is 11.3 Å². The van der Waals surface area contributed by atoms with E-state index < -0.39 is 0 Å². The summed E-state index contributed by atoms with van der Waals surface area (Å²) >= 11 is 1.69. The van der Waals surface area contributed by atoms with Gasteiger partial charge in [-0.25, -0.2) is 4.98 Å². The van der Waals surface area contributed by atoms with Crippen LogP contribution in [0.5, 0.6) is 0 Å². The van der Waals surface area contributed by atoms with Gasteiger partial charge in [-0.1, -0.05) is 19.9 Å². The number of rotatable bonds is 3. The van der Waals surface area contributed by atoms with E-state index >= 15 is 0 Å².